The van der Waals surface area contributed by atoms with Gasteiger partial charge in [0.25, 0.3) is 0 Å². The van der Waals surface area contributed by atoms with Crippen LogP contribution in [0.25, 0.3) is 0 Å². The Hall–Kier alpha value is -2.91. The Balaban J connectivity index is -0.000000350. The van der Waals surface area contributed by atoms with Crippen molar-refractivity contribution in [3.63, 3.8) is 0 Å². The number of thiol groups is 1. The van der Waals surface area contributed by atoms with Crippen molar-refractivity contribution in [2.24, 2.45) is 11.5 Å². The van der Waals surface area contributed by atoms with Gasteiger partial charge in [-0.2, -0.15) is 12.6 Å². The quantitative estimate of drug-likeness (QED) is 0.160. The van der Waals surface area contributed by atoms with Crippen molar-refractivity contribution in [1.82, 2.24) is 5.32 Å². The number of rotatable bonds is 10. The minimum atomic E-state index is -1.29. The van der Waals surface area contributed by atoms with Gasteiger partial charge in [-0.05, 0) is 6.42 Å². The summed E-state index contributed by atoms with van der Waals surface area (Å²) in [6, 6.07) is -3.22. The van der Waals surface area contributed by atoms with Crippen molar-refractivity contribution in [1.29, 1.82) is 0 Å². The van der Waals surface area contributed by atoms with Crippen molar-refractivity contribution in [3.8, 4) is 0 Å². The molecule has 1 amide bonds. The summed E-state index contributed by atoms with van der Waals surface area (Å²) in [5.41, 5.74) is 9.84. The lowest BCUT2D eigenvalue weighted by Gasteiger charge is -2.08. The first-order chi connectivity index (χ1) is 13.1. The number of nitrogens with one attached hydrogen (secondary N) is 1. The third-order valence-electron chi connectivity index (χ3n) is 2.56. The first kappa shape index (κ1) is 30.8. The first-order valence-electron chi connectivity index (χ1n) is 7.66. The van der Waals surface area contributed by atoms with Gasteiger partial charge in [0, 0.05) is 19.1 Å². The summed E-state index contributed by atoms with van der Waals surface area (Å²) < 4.78 is 0. The molecule has 0 aromatic carbocycles. The van der Waals surface area contributed by atoms with Crippen LogP contribution in [-0.2, 0) is 28.8 Å². The molecule has 0 fully saturated rings. The Morgan fingerprint density at radius 1 is 0.828 bits per heavy atom. The van der Waals surface area contributed by atoms with Crippen molar-refractivity contribution in [2.45, 2.75) is 44.3 Å². The fourth-order valence-corrected chi connectivity index (χ4v) is 1.36. The maximum atomic E-state index is 10.3. The Morgan fingerprint density at radius 2 is 1.28 bits per heavy atom. The molecule has 0 aliphatic heterocycles. The van der Waals surface area contributed by atoms with E-state index < -0.39 is 54.4 Å². The van der Waals surface area contributed by atoms with Gasteiger partial charge in [-0.25, -0.2) is 4.79 Å². The topological polar surface area (TPSA) is 268 Å². The van der Waals surface area contributed by atoms with E-state index in [2.05, 4.69) is 17.9 Å². The monoisotopic (exact) mass is 443 g/mol. The molecule has 0 unspecified atom stereocenters. The van der Waals surface area contributed by atoms with Crippen molar-refractivity contribution < 1.29 is 54.3 Å². The molecule has 0 spiro atoms. The second kappa shape index (κ2) is 17.2. The second-order valence-corrected chi connectivity index (χ2v) is 5.56. The van der Waals surface area contributed by atoms with Gasteiger partial charge in [0.05, 0.1) is 6.42 Å². The Morgan fingerprint density at radius 3 is 1.45 bits per heavy atom. The molecule has 168 valence electrons. The maximum absolute atomic E-state index is 10.3. The summed E-state index contributed by atoms with van der Waals surface area (Å²) in [6.45, 7) is 1.26. The van der Waals surface area contributed by atoms with Gasteiger partial charge in [0.2, 0.25) is 5.91 Å². The number of nitrogens with two attached hydrogens (primary N) is 2. The predicted molar refractivity (Wildman–Crippen MR) is 99.4 cm³/mol. The number of carboxylic acids is 5. The lowest BCUT2D eigenvalue weighted by molar-refractivity contribution is -0.144. The van der Waals surface area contributed by atoms with E-state index in [9.17, 15) is 28.8 Å². The maximum Gasteiger partial charge on any atom is 0.327 e. The van der Waals surface area contributed by atoms with Crippen LogP contribution in [-0.4, -0.2) is 85.2 Å². The van der Waals surface area contributed by atoms with Crippen LogP contribution in [0.15, 0.2) is 0 Å². The average Bonchev–Trinajstić information content (AvgIpc) is 2.57. The van der Waals surface area contributed by atoms with E-state index in [-0.39, 0.29) is 24.5 Å². The fourth-order valence-electron chi connectivity index (χ4n) is 1.11. The van der Waals surface area contributed by atoms with E-state index in [0.717, 1.165) is 0 Å². The zero-order chi connectivity index (χ0) is 23.7. The van der Waals surface area contributed by atoms with Crippen molar-refractivity contribution in [2.75, 3.05) is 5.75 Å². The van der Waals surface area contributed by atoms with E-state index in [1.54, 1.807) is 0 Å². The normalized spacial score (nSPS) is 12.4. The highest BCUT2D eigenvalue weighted by molar-refractivity contribution is 7.80. The van der Waals surface area contributed by atoms with Gasteiger partial charge in [0.15, 0.2) is 0 Å². The fraction of sp³-hybridized carbons (Fsp3) is 0.571. The van der Waals surface area contributed by atoms with Crippen LogP contribution < -0.4 is 16.8 Å². The Labute approximate surface area is 170 Å². The molecule has 29 heavy (non-hydrogen) atoms. The molecular formula is C14H25N3O11S. The Bertz CT molecular complexity index is 585. The molecular weight excluding hydrogens is 418 g/mol. The standard InChI is InChI=1S/C5H9NO4.C5H9NO3S.C4H7NO4/c6-3(5(9)10)1-2-4(7)8;1-3(7)6-4(2-10)5(8)9;5-2(4(8)9)1-3(6)7/h3H,1-2,6H2,(H,7,8)(H,9,10);4,10H,2H2,1H3,(H,6,7)(H,8,9);2H,1,5H2,(H,6,7)(H,8,9)/t3-;4-;2-/m000/s1. The molecule has 0 aromatic rings. The molecule has 0 heterocycles. The predicted octanol–water partition coefficient (Wildman–Crippen LogP) is -2.36. The number of hydrogen-bond donors (Lipinski definition) is 9. The number of carbonyl (C=O) groups excluding carboxylic acids is 1. The number of carboxylic acid groups (broad SMARTS) is 5. The van der Waals surface area contributed by atoms with E-state index >= 15 is 0 Å². The van der Waals surface area contributed by atoms with Crippen LogP contribution in [0.4, 0.5) is 0 Å². The molecule has 0 saturated carbocycles. The largest absolute Gasteiger partial charge is 0.481 e. The number of amides is 1. The van der Waals surface area contributed by atoms with Crippen LogP contribution in [0.2, 0.25) is 0 Å². The number of hydrogen-bond acceptors (Lipinski definition) is 9. The summed E-state index contributed by atoms with van der Waals surface area (Å²) in [6.07, 6.45) is -0.756. The SMILES string of the molecule is CC(=O)N[C@@H](CS)C(=O)O.N[C@@H](CC(=O)O)C(=O)O.N[C@@H](CCC(=O)O)C(=O)O. The zero-order valence-corrected chi connectivity index (χ0v) is 16.2. The third-order valence-corrected chi connectivity index (χ3v) is 2.92. The van der Waals surface area contributed by atoms with Gasteiger partial charge in [-0.1, -0.05) is 0 Å². The molecule has 15 heteroatoms. The van der Waals surface area contributed by atoms with E-state index in [4.69, 9.17) is 37.0 Å². The van der Waals surface area contributed by atoms with E-state index in [1.807, 2.05) is 0 Å². The summed E-state index contributed by atoms with van der Waals surface area (Å²) >= 11 is 3.73. The highest BCUT2D eigenvalue weighted by Crippen LogP contribution is 1.93. The summed E-state index contributed by atoms with van der Waals surface area (Å²) in [4.78, 5) is 60.0. The van der Waals surface area contributed by atoms with Crippen molar-refractivity contribution in [3.05, 3.63) is 0 Å². The summed E-state index contributed by atoms with van der Waals surface area (Å²) in [7, 11) is 0. The van der Waals surface area contributed by atoms with Crippen LogP contribution in [0, 0.1) is 0 Å². The molecule has 0 bridgehead atoms. The van der Waals surface area contributed by atoms with Gasteiger partial charge < -0.3 is 42.3 Å². The molecule has 0 aliphatic carbocycles. The lowest BCUT2D eigenvalue weighted by atomic mass is 10.2. The summed E-state index contributed by atoms with van der Waals surface area (Å²) in [5.74, 6) is -6.01. The molecule has 10 N–H and O–H groups in total. The van der Waals surface area contributed by atoms with E-state index in [0.29, 0.717) is 0 Å². The van der Waals surface area contributed by atoms with E-state index in [1.165, 1.54) is 6.92 Å². The van der Waals surface area contributed by atoms with Gasteiger partial charge in [-0.3, -0.25) is 24.0 Å². The molecule has 3 atom stereocenters. The van der Waals surface area contributed by atoms with Crippen LogP contribution in [0.3, 0.4) is 0 Å². The highest BCUT2D eigenvalue weighted by atomic mass is 32.1. The van der Waals surface area contributed by atoms with Crippen LogP contribution in [0.5, 0.6) is 0 Å². The lowest BCUT2D eigenvalue weighted by Crippen LogP contribution is -2.40. The molecule has 0 aromatic heterocycles. The smallest absolute Gasteiger partial charge is 0.327 e. The minimum Gasteiger partial charge on any atom is -0.481 e. The highest BCUT2D eigenvalue weighted by Gasteiger charge is 2.15. The van der Waals surface area contributed by atoms with Gasteiger partial charge in [0.1, 0.15) is 18.1 Å². The first-order valence-corrected chi connectivity index (χ1v) is 8.29. The second-order valence-electron chi connectivity index (χ2n) is 5.19. The summed E-state index contributed by atoms with van der Waals surface area (Å²) in [5, 5.41) is 42.9. The van der Waals surface area contributed by atoms with Crippen molar-refractivity contribution >= 4 is 48.4 Å². The molecule has 0 radical (unpaired) electrons. The molecule has 14 nitrogen and oxygen atoms in total. The number of aliphatic carboxylic acids is 5. The van der Waals surface area contributed by atoms with Crippen LogP contribution in [0.1, 0.15) is 26.2 Å². The minimum absolute atomic E-state index is 0.0231. The number of carbonyl (C=O) groups is 6. The van der Waals surface area contributed by atoms with Crippen LogP contribution >= 0.6 is 12.6 Å². The Kier molecular flexibility index (Phi) is 18.3. The molecule has 0 saturated heterocycles. The zero-order valence-electron chi connectivity index (χ0n) is 15.3. The van der Waals surface area contributed by atoms with Gasteiger partial charge >= 0.3 is 29.8 Å². The average molecular weight is 443 g/mol. The van der Waals surface area contributed by atoms with Gasteiger partial charge in [-0.15, -0.1) is 0 Å². The third kappa shape index (κ3) is 23.1. The molecule has 0 aliphatic rings. The molecule has 0 rings (SSSR count).